The summed E-state index contributed by atoms with van der Waals surface area (Å²) in [5.41, 5.74) is 20.6. The summed E-state index contributed by atoms with van der Waals surface area (Å²) in [4.78, 5) is 26.4. The molecule has 396 valence electrons. The van der Waals surface area contributed by atoms with Crippen molar-refractivity contribution in [2.24, 2.45) is 22.4 Å². The highest BCUT2D eigenvalue weighted by Crippen LogP contribution is 2.53. The van der Waals surface area contributed by atoms with Gasteiger partial charge in [-0.05, 0) is 96.3 Å². The maximum Gasteiger partial charge on any atom is 0.204 e. The number of guanidine groups is 1. The van der Waals surface area contributed by atoms with Crippen molar-refractivity contribution >= 4 is 34.5 Å². The van der Waals surface area contributed by atoms with Crippen LogP contribution in [-0.4, -0.2) is 84.5 Å². The summed E-state index contributed by atoms with van der Waals surface area (Å²) in [6.07, 6.45) is 8.23. The minimum Gasteiger partial charge on any atom is -0.508 e. The third-order valence-electron chi connectivity index (χ3n) is 15.9. The Bertz CT molecular complexity index is 3470. The zero-order chi connectivity index (χ0) is 53.2. The molecule has 7 aromatic rings. The first kappa shape index (κ1) is 51.2. The van der Waals surface area contributed by atoms with Crippen LogP contribution in [0.2, 0.25) is 0 Å². The van der Waals surface area contributed by atoms with E-state index in [0.29, 0.717) is 42.7 Å². The number of phenolic OH excluding ortho intramolecular Hbond substituents is 1. The molecular weight excluding hydrogens is 969 g/mol. The maximum atomic E-state index is 15.1. The number of piperazine rings is 1. The molecule has 0 radical (unpaired) electrons. The van der Waals surface area contributed by atoms with E-state index < -0.39 is 28.8 Å². The normalized spacial score (nSPS) is 19.9. The molecule has 4 aliphatic heterocycles. The summed E-state index contributed by atoms with van der Waals surface area (Å²) in [5, 5.41) is 36.8. The number of benzene rings is 5. The number of nitrogens with one attached hydrogen (secondary N) is 2. The van der Waals surface area contributed by atoms with Gasteiger partial charge in [0.25, 0.3) is 0 Å². The number of aliphatic hydroxyl groups is 2. The molecule has 1 saturated carbocycles. The van der Waals surface area contributed by atoms with E-state index in [0.717, 1.165) is 77.0 Å². The van der Waals surface area contributed by atoms with Gasteiger partial charge in [0.2, 0.25) is 5.75 Å². The molecule has 0 unspecified atom stereocenters. The first-order valence-electron chi connectivity index (χ1n) is 26.9. The lowest BCUT2D eigenvalue weighted by Gasteiger charge is -2.51. The molecule has 77 heavy (non-hydrogen) atoms. The lowest BCUT2D eigenvalue weighted by atomic mass is 9.68. The highest BCUT2D eigenvalue weighted by atomic mass is 16.5. The number of nitrogens with two attached hydrogens (primary N) is 2. The van der Waals surface area contributed by atoms with Gasteiger partial charge in [-0.3, -0.25) is 4.79 Å². The number of rotatable bonds is 11. The number of H-pyrrole nitrogens is 1. The number of aliphatic imine (C=N–C) groups is 1. The number of fused-ring (bicyclic) bond motifs is 11. The molecule has 1 spiro atoms. The van der Waals surface area contributed by atoms with Gasteiger partial charge in [0, 0.05) is 60.3 Å². The number of aryl methyl sites for hydroxylation is 1. The topological polar surface area (TPSA) is 214 Å². The van der Waals surface area contributed by atoms with Gasteiger partial charge in [0.1, 0.15) is 22.7 Å². The largest absolute Gasteiger partial charge is 0.508 e. The third kappa shape index (κ3) is 10.1. The molecule has 1 aliphatic carbocycles. The zero-order valence-electron chi connectivity index (χ0n) is 43.6. The van der Waals surface area contributed by atoms with Crippen molar-refractivity contribution in [3.05, 3.63) is 159 Å². The molecule has 6 heterocycles. The SMILES string of the molecule is CCc1cc2c([nH]1)N1CCN[C@H]3C#C[C@@H](Cc4cccc-2c4)c2c(c(OC)c(OCC[C@@H](O)/C=C/c4ccccc4)c4c(=O)cc(-c5ccc(O)cc5)oc24)OC[C@@H](CO)Cc2ccc(cc2N=C(N)N)C2(CCCC2)[C@H]31. The number of aromatic nitrogens is 1. The molecule has 5 aliphatic rings. The Morgan fingerprint density at radius 3 is 2.55 bits per heavy atom. The lowest BCUT2D eigenvalue weighted by Crippen LogP contribution is -2.65. The van der Waals surface area contributed by atoms with Crippen LogP contribution in [0.1, 0.15) is 78.5 Å². The van der Waals surface area contributed by atoms with Crippen molar-refractivity contribution in [3.8, 4) is 57.3 Å². The molecule has 12 rings (SSSR count). The number of phenols is 1. The first-order chi connectivity index (χ1) is 37.5. The average molecular weight is 1040 g/mol. The van der Waals surface area contributed by atoms with Gasteiger partial charge in [-0.25, -0.2) is 4.99 Å². The van der Waals surface area contributed by atoms with Gasteiger partial charge in [0.05, 0.1) is 55.7 Å². The highest BCUT2D eigenvalue weighted by Gasteiger charge is 2.51. The van der Waals surface area contributed by atoms with Crippen LogP contribution < -0.4 is 41.3 Å². The highest BCUT2D eigenvalue weighted by molar-refractivity contribution is 5.94. The summed E-state index contributed by atoms with van der Waals surface area (Å²) in [5.74, 6) is 8.31. The quantitative estimate of drug-likeness (QED) is 0.0367. The molecule has 14 nitrogen and oxygen atoms in total. The predicted molar refractivity (Wildman–Crippen MR) is 302 cm³/mol. The van der Waals surface area contributed by atoms with Crippen LogP contribution in [-0.2, 0) is 24.7 Å². The maximum absolute atomic E-state index is 15.1. The molecule has 2 fully saturated rings. The van der Waals surface area contributed by atoms with E-state index in [1.807, 2.05) is 36.4 Å². The number of nitrogens with zero attached hydrogens (tertiary/aromatic N) is 2. The second kappa shape index (κ2) is 21.9. The van der Waals surface area contributed by atoms with Gasteiger partial charge in [-0.2, -0.15) is 0 Å². The van der Waals surface area contributed by atoms with Crippen LogP contribution in [0.15, 0.2) is 129 Å². The molecule has 8 bridgehead atoms. The van der Waals surface area contributed by atoms with E-state index in [9.17, 15) is 15.3 Å². The van der Waals surface area contributed by atoms with E-state index in [2.05, 4.69) is 82.5 Å². The van der Waals surface area contributed by atoms with Gasteiger partial charge < -0.3 is 60.6 Å². The average Bonchev–Trinajstić information content (AvgIpc) is 4.20. The molecule has 9 N–H and O–H groups in total. The molecular formula is C63H66N6O8. The van der Waals surface area contributed by atoms with E-state index in [-0.39, 0.29) is 84.0 Å². The molecule has 0 amide bonds. The Kier molecular flexibility index (Phi) is 14.6. The van der Waals surface area contributed by atoms with Crippen molar-refractivity contribution in [2.45, 2.75) is 87.8 Å². The zero-order valence-corrected chi connectivity index (χ0v) is 43.6. The van der Waals surface area contributed by atoms with Gasteiger partial charge in [-0.15, -0.1) is 0 Å². The minimum atomic E-state index is -0.885. The lowest BCUT2D eigenvalue weighted by molar-refractivity contribution is 0.156. The molecule has 14 heteroatoms. The standard InChI is InChI=1S/C63H66N6O8/c1-3-46-34-49-42-13-9-12-39(30-42)31-44-18-23-50-60(69(28-27-66-50)61(49)67-46)63(25-7-8-26-63)45-19-15-43(51(33-45)68-62(64)65)32-40(36-70)37-76-57-54(44)56-55(52(73)35-53(77-56)41-16-21-47(71)22-17-41)58(59(57)74-2)75-29-24-48(72)20-14-38-10-5-4-6-11-38/h4-6,9-17,19-22,30,33-35,40,44,48,50,60,66-67,70-72H,3,7-8,24-29,31-32,36-37H2,1-2H3,(H4,64,65,68)/b20-14+/t40-,44+,48+,50+,60+/m1/s1. The number of aromatic amines is 1. The van der Waals surface area contributed by atoms with E-state index in [4.69, 9.17) is 35.1 Å². The Labute approximate surface area is 448 Å². The Morgan fingerprint density at radius 1 is 0.961 bits per heavy atom. The Balaban J connectivity index is 1.19. The molecule has 5 atom stereocenters. The summed E-state index contributed by atoms with van der Waals surface area (Å²) in [7, 11) is 1.51. The second-order valence-corrected chi connectivity index (χ2v) is 20.8. The molecule has 1 saturated heterocycles. The fourth-order valence-electron chi connectivity index (χ4n) is 12.2. The first-order valence-corrected chi connectivity index (χ1v) is 26.9. The minimum absolute atomic E-state index is 0.0174. The number of anilines is 1. The van der Waals surface area contributed by atoms with Gasteiger partial charge >= 0.3 is 0 Å². The van der Waals surface area contributed by atoms with Crippen LogP contribution in [0.25, 0.3) is 39.5 Å². The number of hydrogen-bond donors (Lipinski definition) is 7. The fourth-order valence-corrected chi connectivity index (χ4v) is 12.2. The number of aliphatic hydroxyl groups excluding tert-OH is 2. The summed E-state index contributed by atoms with van der Waals surface area (Å²) >= 11 is 0. The Morgan fingerprint density at radius 2 is 1.78 bits per heavy atom. The van der Waals surface area contributed by atoms with Crippen LogP contribution in [0.3, 0.4) is 0 Å². The van der Waals surface area contributed by atoms with Crippen molar-refractivity contribution < 1.29 is 33.9 Å². The summed E-state index contributed by atoms with van der Waals surface area (Å²) in [6, 6.07) is 34.4. The van der Waals surface area contributed by atoms with Crippen molar-refractivity contribution in [3.63, 3.8) is 0 Å². The smallest absolute Gasteiger partial charge is 0.204 e. The second-order valence-electron chi connectivity index (χ2n) is 20.8. The number of hydrogen-bond acceptors (Lipinski definition) is 11. The van der Waals surface area contributed by atoms with Gasteiger partial charge in [-0.1, -0.05) is 110 Å². The van der Waals surface area contributed by atoms with Crippen molar-refractivity contribution in [1.29, 1.82) is 0 Å². The van der Waals surface area contributed by atoms with E-state index in [1.165, 1.54) is 13.2 Å². The third-order valence-corrected chi connectivity index (χ3v) is 15.9. The van der Waals surface area contributed by atoms with Gasteiger partial charge in [0.15, 0.2) is 28.5 Å². The van der Waals surface area contributed by atoms with E-state index in [1.54, 1.807) is 30.3 Å². The van der Waals surface area contributed by atoms with Crippen LogP contribution in [0.5, 0.6) is 23.0 Å². The number of aromatic hydroxyl groups is 1. The number of methoxy groups -OCH3 is 1. The van der Waals surface area contributed by atoms with Crippen LogP contribution in [0, 0.1) is 17.8 Å². The summed E-state index contributed by atoms with van der Waals surface area (Å²) in [6.45, 7) is 3.26. The monoisotopic (exact) mass is 1030 g/mol. The summed E-state index contributed by atoms with van der Waals surface area (Å²) < 4.78 is 27.2. The van der Waals surface area contributed by atoms with E-state index >= 15 is 4.79 Å². The number of ether oxygens (including phenoxy) is 3. The molecule has 2 aromatic heterocycles. The molecule has 5 aromatic carbocycles. The van der Waals surface area contributed by atoms with Crippen molar-refractivity contribution in [1.82, 2.24) is 10.3 Å². The van der Waals surface area contributed by atoms with Crippen molar-refractivity contribution in [2.75, 3.05) is 44.9 Å². The van der Waals surface area contributed by atoms with Crippen LogP contribution >= 0.6 is 0 Å². The predicted octanol–water partition coefficient (Wildman–Crippen LogP) is 9.03. The fraction of sp³-hybridized carbons (Fsp3) is 0.333. The van der Waals surface area contributed by atoms with Crippen LogP contribution in [0.4, 0.5) is 11.5 Å². The Hall–Kier alpha value is -7.96.